The molecule has 0 radical (unpaired) electrons. The Kier molecular flexibility index (Phi) is 8.01. The number of anilines is 1. The Hall–Kier alpha value is -1.97. The zero-order valence-electron chi connectivity index (χ0n) is 15.8. The van der Waals surface area contributed by atoms with Crippen LogP contribution in [0.4, 0.5) is 18.9 Å². The maximum atomic E-state index is 12.7. The second-order valence-corrected chi connectivity index (χ2v) is 9.26. The van der Waals surface area contributed by atoms with Crippen molar-refractivity contribution in [3.63, 3.8) is 0 Å². The average Bonchev–Trinajstić information content (AvgIpc) is 2.64. The van der Waals surface area contributed by atoms with Crippen molar-refractivity contribution in [1.29, 1.82) is 0 Å². The van der Waals surface area contributed by atoms with E-state index >= 15 is 0 Å². The first-order valence-corrected chi connectivity index (χ1v) is 11.3. The first kappa shape index (κ1) is 24.3. The number of nitrogens with zero attached hydrogens (tertiary/aromatic N) is 1. The standard InChI is InChI=1S/C19H19Cl2F3N2O3S/c1-30(28,29)26(17-11-15(20)7-8-16(17)21)9-3-6-18(27)25-12-13-4-2-5-14(10-13)19(22,23)24/h2,4-5,7-8,10-11H,3,6,9,12H2,1H3,(H,25,27). The maximum Gasteiger partial charge on any atom is 0.416 e. The molecule has 0 saturated carbocycles. The van der Waals surface area contributed by atoms with E-state index in [4.69, 9.17) is 23.2 Å². The van der Waals surface area contributed by atoms with Crippen molar-refractivity contribution in [2.24, 2.45) is 0 Å². The van der Waals surface area contributed by atoms with Crippen molar-refractivity contribution in [3.05, 3.63) is 63.6 Å². The molecule has 1 N–H and O–H groups in total. The summed E-state index contributed by atoms with van der Waals surface area (Å²) in [4.78, 5) is 12.0. The van der Waals surface area contributed by atoms with E-state index in [0.717, 1.165) is 22.7 Å². The molecule has 164 valence electrons. The smallest absolute Gasteiger partial charge is 0.352 e. The van der Waals surface area contributed by atoms with Crippen molar-refractivity contribution >= 4 is 44.8 Å². The van der Waals surface area contributed by atoms with Crippen LogP contribution in [0.15, 0.2) is 42.5 Å². The van der Waals surface area contributed by atoms with Crippen molar-refractivity contribution < 1.29 is 26.4 Å². The second kappa shape index (κ2) is 9.89. The zero-order valence-corrected chi connectivity index (χ0v) is 18.2. The number of carbonyl (C=O) groups is 1. The van der Waals surface area contributed by atoms with Gasteiger partial charge in [0.25, 0.3) is 0 Å². The highest BCUT2D eigenvalue weighted by atomic mass is 35.5. The molecule has 0 heterocycles. The minimum atomic E-state index is -4.46. The zero-order chi connectivity index (χ0) is 22.5. The van der Waals surface area contributed by atoms with Crippen LogP contribution in [0.1, 0.15) is 24.0 Å². The van der Waals surface area contributed by atoms with Crippen molar-refractivity contribution in [3.8, 4) is 0 Å². The molecule has 0 atom stereocenters. The summed E-state index contributed by atoms with van der Waals surface area (Å²) < 4.78 is 63.5. The van der Waals surface area contributed by atoms with Crippen LogP contribution in [-0.2, 0) is 27.5 Å². The van der Waals surface area contributed by atoms with Gasteiger partial charge < -0.3 is 5.32 Å². The minimum absolute atomic E-state index is 0.0180. The molecule has 0 fully saturated rings. The van der Waals surface area contributed by atoms with E-state index in [-0.39, 0.29) is 36.6 Å². The highest BCUT2D eigenvalue weighted by molar-refractivity contribution is 7.92. The van der Waals surface area contributed by atoms with E-state index in [9.17, 15) is 26.4 Å². The predicted molar refractivity (Wildman–Crippen MR) is 111 cm³/mol. The highest BCUT2D eigenvalue weighted by Gasteiger charge is 2.30. The monoisotopic (exact) mass is 482 g/mol. The molecule has 0 saturated heterocycles. The maximum absolute atomic E-state index is 12.7. The molecule has 11 heteroatoms. The molecule has 2 rings (SSSR count). The van der Waals surface area contributed by atoms with Crippen LogP contribution in [0.2, 0.25) is 10.0 Å². The number of halogens is 5. The van der Waals surface area contributed by atoms with E-state index in [1.807, 2.05) is 0 Å². The highest BCUT2D eigenvalue weighted by Crippen LogP contribution is 2.31. The molecular formula is C19H19Cl2F3N2O3S. The summed E-state index contributed by atoms with van der Waals surface area (Å²) in [7, 11) is -3.68. The number of benzene rings is 2. The minimum Gasteiger partial charge on any atom is -0.352 e. The van der Waals surface area contributed by atoms with Crippen LogP contribution in [0.25, 0.3) is 0 Å². The molecule has 0 aliphatic carbocycles. The van der Waals surface area contributed by atoms with Crippen LogP contribution in [0.5, 0.6) is 0 Å². The Morgan fingerprint density at radius 2 is 1.83 bits per heavy atom. The van der Waals surface area contributed by atoms with Gasteiger partial charge >= 0.3 is 6.18 Å². The Balaban J connectivity index is 1.94. The summed E-state index contributed by atoms with van der Waals surface area (Å²) >= 11 is 12.0. The molecular weight excluding hydrogens is 464 g/mol. The molecule has 0 bridgehead atoms. The van der Waals surface area contributed by atoms with Crippen LogP contribution in [0.3, 0.4) is 0 Å². The molecule has 0 aliphatic heterocycles. The number of alkyl halides is 3. The topological polar surface area (TPSA) is 66.5 Å². The van der Waals surface area contributed by atoms with Crippen LogP contribution >= 0.6 is 23.2 Å². The summed E-state index contributed by atoms with van der Waals surface area (Å²) in [6.45, 7) is -0.0888. The Labute approximate surface area is 182 Å². The predicted octanol–water partition coefficient (Wildman–Crippen LogP) is 4.87. The molecule has 0 spiro atoms. The SMILES string of the molecule is CS(=O)(=O)N(CCCC(=O)NCc1cccc(C(F)(F)F)c1)c1cc(Cl)ccc1Cl. The lowest BCUT2D eigenvalue weighted by atomic mass is 10.1. The second-order valence-electron chi connectivity index (χ2n) is 6.51. The number of rotatable bonds is 8. The van der Waals surface area contributed by atoms with Gasteiger partial charge in [-0.2, -0.15) is 13.2 Å². The van der Waals surface area contributed by atoms with Crippen LogP contribution in [-0.4, -0.2) is 27.1 Å². The van der Waals surface area contributed by atoms with E-state index < -0.39 is 27.7 Å². The van der Waals surface area contributed by atoms with Gasteiger partial charge in [-0.25, -0.2) is 8.42 Å². The molecule has 5 nitrogen and oxygen atoms in total. The summed E-state index contributed by atoms with van der Waals surface area (Å²) in [6, 6.07) is 9.07. The number of hydrogen-bond donors (Lipinski definition) is 1. The largest absolute Gasteiger partial charge is 0.416 e. The van der Waals surface area contributed by atoms with Crippen molar-refractivity contribution in [2.45, 2.75) is 25.6 Å². The number of hydrogen-bond acceptors (Lipinski definition) is 3. The Morgan fingerprint density at radius 1 is 1.13 bits per heavy atom. The first-order valence-electron chi connectivity index (χ1n) is 8.73. The van der Waals surface area contributed by atoms with Gasteiger partial charge in [0.1, 0.15) is 0 Å². The van der Waals surface area contributed by atoms with Gasteiger partial charge in [-0.1, -0.05) is 35.3 Å². The summed E-state index contributed by atoms with van der Waals surface area (Å²) in [5.74, 6) is -0.418. The van der Waals surface area contributed by atoms with E-state index in [1.54, 1.807) is 0 Å². The average molecular weight is 483 g/mol. The van der Waals surface area contributed by atoms with Crippen molar-refractivity contribution in [1.82, 2.24) is 5.32 Å². The van der Waals surface area contributed by atoms with Gasteiger partial charge in [0, 0.05) is 24.5 Å². The number of carbonyl (C=O) groups excluding carboxylic acids is 1. The molecule has 2 aromatic rings. The first-order chi connectivity index (χ1) is 13.9. The summed E-state index contributed by atoms with van der Waals surface area (Å²) in [5.41, 5.74) is -0.283. The third kappa shape index (κ3) is 7.07. The molecule has 2 aromatic carbocycles. The van der Waals surface area contributed by atoms with Crippen LogP contribution < -0.4 is 9.62 Å². The molecule has 0 aliphatic rings. The van der Waals surface area contributed by atoms with Crippen LogP contribution in [0, 0.1) is 0 Å². The molecule has 1 amide bonds. The Bertz CT molecular complexity index is 1010. The number of amides is 1. The van der Waals surface area contributed by atoms with Gasteiger partial charge in [-0.3, -0.25) is 9.10 Å². The third-order valence-electron chi connectivity index (χ3n) is 4.09. The fraction of sp³-hybridized carbons (Fsp3) is 0.316. The third-order valence-corrected chi connectivity index (χ3v) is 5.82. The lowest BCUT2D eigenvalue weighted by Crippen LogP contribution is -2.32. The van der Waals surface area contributed by atoms with E-state index in [2.05, 4.69) is 5.32 Å². The normalized spacial score (nSPS) is 11.9. The quantitative estimate of drug-likeness (QED) is 0.583. The summed E-state index contributed by atoms with van der Waals surface area (Å²) in [5, 5.41) is 3.03. The van der Waals surface area contributed by atoms with Gasteiger partial charge in [0.05, 0.1) is 22.5 Å². The lowest BCUT2D eigenvalue weighted by molar-refractivity contribution is -0.137. The fourth-order valence-corrected chi connectivity index (χ4v) is 4.08. The summed E-state index contributed by atoms with van der Waals surface area (Å²) in [6.07, 6.45) is -3.30. The number of nitrogens with one attached hydrogen (secondary N) is 1. The van der Waals surface area contributed by atoms with Crippen molar-refractivity contribution in [2.75, 3.05) is 17.1 Å². The molecule has 30 heavy (non-hydrogen) atoms. The fourth-order valence-electron chi connectivity index (χ4n) is 2.67. The Morgan fingerprint density at radius 3 is 2.47 bits per heavy atom. The molecule has 0 unspecified atom stereocenters. The van der Waals surface area contributed by atoms with E-state index in [0.29, 0.717) is 10.6 Å². The van der Waals surface area contributed by atoms with Gasteiger partial charge in [-0.15, -0.1) is 0 Å². The lowest BCUT2D eigenvalue weighted by Gasteiger charge is -2.23. The van der Waals surface area contributed by atoms with E-state index in [1.165, 1.54) is 30.3 Å². The van der Waals surface area contributed by atoms with Gasteiger partial charge in [0.2, 0.25) is 15.9 Å². The number of sulfonamides is 1. The molecule has 0 aromatic heterocycles. The van der Waals surface area contributed by atoms with Gasteiger partial charge in [0.15, 0.2) is 0 Å². The van der Waals surface area contributed by atoms with Gasteiger partial charge in [-0.05, 0) is 42.3 Å².